The number of hydrogen-bond acceptors (Lipinski definition) is 3. The summed E-state index contributed by atoms with van der Waals surface area (Å²) in [5, 5.41) is 2.86. The molecule has 0 saturated carbocycles. The van der Waals surface area contributed by atoms with E-state index in [9.17, 15) is 13.2 Å². The van der Waals surface area contributed by atoms with E-state index in [1.165, 1.54) is 23.3 Å². The minimum Gasteiger partial charge on any atom is -0.324 e. The van der Waals surface area contributed by atoms with Crippen LogP contribution in [0.3, 0.4) is 0 Å². The minimum atomic E-state index is -3.54. The number of aryl methyl sites for hydroxylation is 1. The summed E-state index contributed by atoms with van der Waals surface area (Å²) in [5.41, 5.74) is 2.96. The lowest BCUT2D eigenvalue weighted by molar-refractivity contribution is -0.907. The quantitative estimate of drug-likeness (QED) is 0.627. The first-order chi connectivity index (χ1) is 13.1. The number of anilines is 1. The molecule has 0 aliphatic carbocycles. The highest BCUT2D eigenvalue weighted by Gasteiger charge is 2.22. The third-order valence-corrected chi connectivity index (χ3v) is 6.23. The minimum absolute atomic E-state index is 0.111. The monoisotopic (exact) mass is 404 g/mol. The maximum atomic E-state index is 12.6. The Kier molecular flexibility index (Phi) is 7.35. The second-order valence-corrected chi connectivity index (χ2v) is 9.23. The summed E-state index contributed by atoms with van der Waals surface area (Å²) in [6, 6.07) is 14.0. The molecule has 0 heterocycles. The molecule has 2 aromatic rings. The molecule has 28 heavy (non-hydrogen) atoms. The highest BCUT2D eigenvalue weighted by Crippen LogP contribution is 2.14. The Bertz CT molecular complexity index is 891. The molecule has 0 aliphatic heterocycles. The van der Waals surface area contributed by atoms with Gasteiger partial charge < -0.3 is 10.2 Å². The van der Waals surface area contributed by atoms with Crippen LogP contribution in [0.4, 0.5) is 5.69 Å². The highest BCUT2D eigenvalue weighted by atomic mass is 32.2. The average Bonchev–Trinajstić information content (AvgIpc) is 2.62. The fraction of sp³-hybridized carbons (Fsp3) is 0.381. The van der Waals surface area contributed by atoms with Crippen LogP contribution in [0, 0.1) is 6.92 Å². The van der Waals surface area contributed by atoms with Gasteiger partial charge in [0.05, 0.1) is 11.9 Å². The Hall–Kier alpha value is -2.22. The summed E-state index contributed by atoms with van der Waals surface area (Å²) >= 11 is 0. The molecule has 0 aromatic heterocycles. The zero-order valence-corrected chi connectivity index (χ0v) is 17.9. The van der Waals surface area contributed by atoms with Gasteiger partial charge in [-0.1, -0.05) is 29.8 Å². The zero-order chi connectivity index (χ0) is 20.9. The van der Waals surface area contributed by atoms with Gasteiger partial charge >= 0.3 is 0 Å². The molecule has 2 rings (SSSR count). The second-order valence-electron chi connectivity index (χ2n) is 7.52. The van der Waals surface area contributed by atoms with Crippen LogP contribution in [-0.2, 0) is 21.4 Å². The lowest BCUT2D eigenvalue weighted by Gasteiger charge is -2.21. The predicted molar refractivity (Wildman–Crippen MR) is 112 cm³/mol. The molecule has 1 unspecified atom stereocenters. The fourth-order valence-corrected chi connectivity index (χ4v) is 4.00. The molecule has 0 aliphatic rings. The molecule has 6 nitrogen and oxygen atoms in total. The van der Waals surface area contributed by atoms with Gasteiger partial charge in [-0.05, 0) is 52.0 Å². The standard InChI is InChI=1S/C21H29N3O3S/c1-15(2)23-28(26,27)20-12-10-19(11-13-20)22-21(25)17(4)24(5)14-18-8-6-16(3)7-9-18/h6-13,15,17,23H,14H2,1-5H3,(H,22,25)/p+1/t17-/m0/s1. The molecule has 152 valence electrons. The number of likely N-dealkylation sites (N-methyl/N-ethyl adjacent to an activating group) is 1. The van der Waals surface area contributed by atoms with E-state index < -0.39 is 10.0 Å². The third kappa shape index (κ3) is 6.15. The van der Waals surface area contributed by atoms with Crippen LogP contribution < -0.4 is 14.9 Å². The molecular weight excluding hydrogens is 374 g/mol. The number of sulfonamides is 1. The number of benzene rings is 2. The Morgan fingerprint density at radius 3 is 2.11 bits per heavy atom. The SMILES string of the molecule is Cc1ccc(C[NH+](C)[C@@H](C)C(=O)Nc2ccc(S(=O)(=O)NC(C)C)cc2)cc1. The van der Waals surface area contributed by atoms with Crippen LogP contribution in [0.2, 0.25) is 0 Å². The van der Waals surface area contributed by atoms with E-state index in [2.05, 4.69) is 34.3 Å². The van der Waals surface area contributed by atoms with Crippen LogP contribution in [0.25, 0.3) is 0 Å². The van der Waals surface area contributed by atoms with Crippen molar-refractivity contribution in [3.05, 3.63) is 59.7 Å². The molecular formula is C21H30N3O3S+. The lowest BCUT2D eigenvalue weighted by Crippen LogP contribution is -3.12. The Morgan fingerprint density at radius 1 is 1.00 bits per heavy atom. The first-order valence-electron chi connectivity index (χ1n) is 9.39. The molecule has 2 aromatic carbocycles. The highest BCUT2D eigenvalue weighted by molar-refractivity contribution is 7.89. The van der Waals surface area contributed by atoms with Gasteiger partial charge in [0.2, 0.25) is 10.0 Å². The van der Waals surface area contributed by atoms with Crippen molar-refractivity contribution in [3.8, 4) is 0 Å². The van der Waals surface area contributed by atoms with Gasteiger partial charge in [0.1, 0.15) is 6.54 Å². The zero-order valence-electron chi connectivity index (χ0n) is 17.1. The Morgan fingerprint density at radius 2 is 1.57 bits per heavy atom. The first kappa shape index (κ1) is 22.1. The third-order valence-electron chi connectivity index (χ3n) is 4.56. The summed E-state index contributed by atoms with van der Waals surface area (Å²) in [6.07, 6.45) is 0. The Balaban J connectivity index is 1.98. The fourth-order valence-electron chi connectivity index (χ4n) is 2.75. The van der Waals surface area contributed by atoms with Gasteiger partial charge in [0, 0.05) is 17.3 Å². The van der Waals surface area contributed by atoms with E-state index in [-0.39, 0.29) is 22.9 Å². The number of amides is 1. The van der Waals surface area contributed by atoms with Crippen molar-refractivity contribution < 1.29 is 18.1 Å². The van der Waals surface area contributed by atoms with Crippen molar-refractivity contribution in [1.82, 2.24) is 4.72 Å². The van der Waals surface area contributed by atoms with Gasteiger partial charge in [-0.15, -0.1) is 0 Å². The molecule has 0 bridgehead atoms. The summed E-state index contributed by atoms with van der Waals surface area (Å²) in [6.45, 7) is 8.20. The molecule has 1 amide bonds. The van der Waals surface area contributed by atoms with Gasteiger partial charge in [-0.3, -0.25) is 4.79 Å². The summed E-state index contributed by atoms with van der Waals surface area (Å²) in [4.78, 5) is 13.8. The first-order valence-corrected chi connectivity index (χ1v) is 10.9. The molecule has 0 radical (unpaired) electrons. The van der Waals surface area contributed by atoms with E-state index >= 15 is 0 Å². The maximum absolute atomic E-state index is 12.6. The van der Waals surface area contributed by atoms with Crippen molar-refractivity contribution >= 4 is 21.6 Å². The van der Waals surface area contributed by atoms with Crippen molar-refractivity contribution in [2.24, 2.45) is 0 Å². The van der Waals surface area contributed by atoms with E-state index in [1.807, 2.05) is 20.9 Å². The van der Waals surface area contributed by atoms with Gasteiger partial charge in [-0.2, -0.15) is 0 Å². The van der Waals surface area contributed by atoms with Crippen molar-refractivity contribution in [2.75, 3.05) is 12.4 Å². The molecule has 2 atom stereocenters. The summed E-state index contributed by atoms with van der Waals surface area (Å²) in [5.74, 6) is -0.111. The largest absolute Gasteiger partial charge is 0.324 e. The number of carbonyl (C=O) groups excluding carboxylic acids is 1. The van der Waals surface area contributed by atoms with E-state index in [1.54, 1.807) is 26.0 Å². The second kappa shape index (κ2) is 9.32. The molecule has 0 spiro atoms. The predicted octanol–water partition coefficient (Wildman–Crippen LogP) is 1.72. The number of hydrogen-bond donors (Lipinski definition) is 3. The van der Waals surface area contributed by atoms with E-state index in [0.717, 1.165) is 11.4 Å². The van der Waals surface area contributed by atoms with Crippen LogP contribution in [0.1, 0.15) is 31.9 Å². The Labute approximate surface area is 168 Å². The van der Waals surface area contributed by atoms with Crippen molar-refractivity contribution in [2.45, 2.75) is 51.2 Å². The van der Waals surface area contributed by atoms with Crippen LogP contribution in [0.15, 0.2) is 53.4 Å². The number of carbonyl (C=O) groups is 1. The van der Waals surface area contributed by atoms with Gasteiger partial charge in [0.25, 0.3) is 5.91 Å². The van der Waals surface area contributed by atoms with E-state index in [0.29, 0.717) is 5.69 Å². The summed E-state index contributed by atoms with van der Waals surface area (Å²) < 4.78 is 26.9. The molecule has 7 heteroatoms. The molecule has 3 N–H and O–H groups in total. The number of quaternary nitrogens is 1. The number of nitrogens with one attached hydrogen (secondary N) is 3. The topological polar surface area (TPSA) is 79.7 Å². The van der Waals surface area contributed by atoms with Crippen molar-refractivity contribution in [1.29, 1.82) is 0 Å². The molecule has 0 fully saturated rings. The lowest BCUT2D eigenvalue weighted by atomic mass is 10.1. The van der Waals surface area contributed by atoms with Crippen molar-refractivity contribution in [3.63, 3.8) is 0 Å². The average molecular weight is 405 g/mol. The number of rotatable bonds is 8. The maximum Gasteiger partial charge on any atom is 0.282 e. The van der Waals surface area contributed by atoms with Crippen LogP contribution in [-0.4, -0.2) is 33.5 Å². The van der Waals surface area contributed by atoms with Crippen LogP contribution in [0.5, 0.6) is 0 Å². The normalized spacial score (nSPS) is 13.9. The smallest absolute Gasteiger partial charge is 0.282 e. The summed E-state index contributed by atoms with van der Waals surface area (Å²) in [7, 11) is -1.56. The van der Waals surface area contributed by atoms with E-state index in [4.69, 9.17) is 0 Å². The molecule has 0 saturated heterocycles. The van der Waals surface area contributed by atoms with Crippen LogP contribution >= 0.6 is 0 Å². The van der Waals surface area contributed by atoms with Gasteiger partial charge in [0.15, 0.2) is 6.04 Å². The van der Waals surface area contributed by atoms with Gasteiger partial charge in [-0.25, -0.2) is 13.1 Å².